The highest BCUT2D eigenvalue weighted by Gasteiger charge is 2.02. The van der Waals surface area contributed by atoms with Crippen LogP contribution in [0.5, 0.6) is 11.5 Å². The number of ether oxygens (including phenoxy) is 2. The third-order valence-corrected chi connectivity index (χ3v) is 2.42. The molecule has 0 aliphatic carbocycles. The zero-order valence-electron chi connectivity index (χ0n) is 9.49. The van der Waals surface area contributed by atoms with Crippen molar-refractivity contribution in [2.45, 2.75) is 0 Å². The van der Waals surface area contributed by atoms with Gasteiger partial charge in [0.15, 0.2) is 0 Å². The van der Waals surface area contributed by atoms with E-state index >= 15 is 0 Å². The molecule has 0 amide bonds. The molecule has 0 aliphatic rings. The number of fused-ring (bicyclic) bond motifs is 1. The number of hydrogen-bond donors (Lipinski definition) is 1. The number of nitrogens with one attached hydrogen (secondary N) is 1. The normalized spacial score (nSPS) is 10.4. The lowest BCUT2D eigenvalue weighted by atomic mass is 10.1. The predicted molar refractivity (Wildman–Crippen MR) is 65.1 cm³/mol. The fraction of sp³-hybridized carbons (Fsp3) is 0.231. The van der Waals surface area contributed by atoms with Crippen LogP contribution < -0.4 is 14.8 Å². The SMILES string of the molecule is CNCOc1cccc2cc(OC)ccc12. The van der Waals surface area contributed by atoms with Crippen molar-refractivity contribution in [1.29, 1.82) is 0 Å². The van der Waals surface area contributed by atoms with E-state index in [9.17, 15) is 0 Å². The average Bonchev–Trinajstić information content (AvgIpc) is 2.35. The third-order valence-electron chi connectivity index (χ3n) is 2.42. The van der Waals surface area contributed by atoms with Crippen LogP contribution in [0.15, 0.2) is 36.4 Å². The summed E-state index contributed by atoms with van der Waals surface area (Å²) in [5, 5.41) is 5.17. The molecule has 0 unspecified atom stereocenters. The molecule has 0 heterocycles. The first-order valence-electron chi connectivity index (χ1n) is 5.19. The first-order valence-corrected chi connectivity index (χ1v) is 5.19. The number of rotatable bonds is 4. The highest BCUT2D eigenvalue weighted by Crippen LogP contribution is 2.28. The van der Waals surface area contributed by atoms with Crippen LogP contribution in [-0.2, 0) is 0 Å². The summed E-state index contributed by atoms with van der Waals surface area (Å²) in [5.41, 5.74) is 0. The van der Waals surface area contributed by atoms with Crippen LogP contribution in [0.25, 0.3) is 10.8 Å². The Kier molecular flexibility index (Phi) is 3.27. The van der Waals surface area contributed by atoms with Gasteiger partial charge in [-0.05, 0) is 36.7 Å². The average molecular weight is 217 g/mol. The van der Waals surface area contributed by atoms with Crippen LogP contribution in [0.2, 0.25) is 0 Å². The van der Waals surface area contributed by atoms with E-state index in [-0.39, 0.29) is 0 Å². The summed E-state index contributed by atoms with van der Waals surface area (Å²) < 4.78 is 10.8. The van der Waals surface area contributed by atoms with E-state index in [4.69, 9.17) is 9.47 Å². The van der Waals surface area contributed by atoms with Crippen LogP contribution in [0.4, 0.5) is 0 Å². The van der Waals surface area contributed by atoms with E-state index in [1.807, 2.05) is 43.4 Å². The molecule has 1 N–H and O–H groups in total. The molecule has 2 aromatic carbocycles. The summed E-state index contributed by atoms with van der Waals surface area (Å²) in [6.45, 7) is 0.505. The molecule has 0 radical (unpaired) electrons. The first kappa shape index (κ1) is 10.8. The number of methoxy groups -OCH3 is 1. The van der Waals surface area contributed by atoms with Gasteiger partial charge in [0.1, 0.15) is 18.2 Å². The van der Waals surface area contributed by atoms with Crippen LogP contribution in [0.1, 0.15) is 0 Å². The van der Waals surface area contributed by atoms with Crippen molar-refractivity contribution < 1.29 is 9.47 Å². The number of hydrogen-bond acceptors (Lipinski definition) is 3. The van der Waals surface area contributed by atoms with Gasteiger partial charge in [0.05, 0.1) is 7.11 Å². The molecule has 84 valence electrons. The Bertz CT molecular complexity index is 482. The van der Waals surface area contributed by atoms with Crippen LogP contribution in [0.3, 0.4) is 0 Å². The summed E-state index contributed by atoms with van der Waals surface area (Å²) in [6, 6.07) is 11.9. The fourth-order valence-corrected chi connectivity index (χ4v) is 1.63. The first-order chi connectivity index (χ1) is 7.85. The lowest BCUT2D eigenvalue weighted by molar-refractivity contribution is 0.299. The van der Waals surface area contributed by atoms with E-state index in [0.29, 0.717) is 6.73 Å². The van der Waals surface area contributed by atoms with Crippen molar-refractivity contribution in [3.05, 3.63) is 36.4 Å². The summed E-state index contributed by atoms with van der Waals surface area (Å²) in [6.07, 6.45) is 0. The Morgan fingerprint density at radius 1 is 1.19 bits per heavy atom. The van der Waals surface area contributed by atoms with Crippen molar-refractivity contribution in [2.24, 2.45) is 0 Å². The smallest absolute Gasteiger partial charge is 0.139 e. The van der Waals surface area contributed by atoms with Crippen molar-refractivity contribution in [3.8, 4) is 11.5 Å². The second kappa shape index (κ2) is 4.86. The van der Waals surface area contributed by atoms with Crippen molar-refractivity contribution in [3.63, 3.8) is 0 Å². The van der Waals surface area contributed by atoms with Crippen LogP contribution in [0, 0.1) is 0 Å². The second-order valence-electron chi connectivity index (χ2n) is 3.49. The molecule has 2 aromatic rings. The highest BCUT2D eigenvalue weighted by atomic mass is 16.5. The summed E-state index contributed by atoms with van der Waals surface area (Å²) in [5.74, 6) is 1.74. The van der Waals surface area contributed by atoms with Gasteiger partial charge in [0.2, 0.25) is 0 Å². The highest BCUT2D eigenvalue weighted by molar-refractivity contribution is 5.89. The molecule has 0 saturated carbocycles. The zero-order chi connectivity index (χ0) is 11.4. The molecule has 0 fully saturated rings. The summed E-state index contributed by atoms with van der Waals surface area (Å²) in [4.78, 5) is 0. The molecule has 3 heteroatoms. The molecule has 0 aliphatic heterocycles. The van der Waals surface area contributed by atoms with Crippen LogP contribution >= 0.6 is 0 Å². The van der Waals surface area contributed by atoms with Crippen molar-refractivity contribution in [1.82, 2.24) is 5.32 Å². The molecule has 3 nitrogen and oxygen atoms in total. The maximum Gasteiger partial charge on any atom is 0.139 e. The Morgan fingerprint density at radius 3 is 2.81 bits per heavy atom. The molecule has 0 saturated heterocycles. The molecule has 0 atom stereocenters. The van der Waals surface area contributed by atoms with Gasteiger partial charge in [0, 0.05) is 5.39 Å². The van der Waals surface area contributed by atoms with Gasteiger partial charge in [-0.15, -0.1) is 0 Å². The lowest BCUT2D eigenvalue weighted by Crippen LogP contribution is -2.14. The fourth-order valence-electron chi connectivity index (χ4n) is 1.63. The monoisotopic (exact) mass is 217 g/mol. The summed E-state index contributed by atoms with van der Waals surface area (Å²) in [7, 11) is 3.52. The second-order valence-corrected chi connectivity index (χ2v) is 3.49. The summed E-state index contributed by atoms with van der Waals surface area (Å²) >= 11 is 0. The van der Waals surface area contributed by atoms with Gasteiger partial charge in [-0.25, -0.2) is 0 Å². The molecular weight excluding hydrogens is 202 g/mol. The maximum absolute atomic E-state index is 5.59. The Balaban J connectivity index is 2.43. The maximum atomic E-state index is 5.59. The van der Waals surface area contributed by atoms with Crippen molar-refractivity contribution >= 4 is 10.8 Å². The molecular formula is C13H15NO2. The van der Waals surface area contributed by atoms with Gasteiger partial charge in [-0.3, -0.25) is 5.32 Å². The molecule has 2 rings (SSSR count). The molecule has 16 heavy (non-hydrogen) atoms. The van der Waals surface area contributed by atoms with Gasteiger partial charge >= 0.3 is 0 Å². The zero-order valence-corrected chi connectivity index (χ0v) is 9.49. The van der Waals surface area contributed by atoms with Crippen molar-refractivity contribution in [2.75, 3.05) is 20.9 Å². The quantitative estimate of drug-likeness (QED) is 0.798. The third kappa shape index (κ3) is 2.09. The Labute approximate surface area is 95.0 Å². The molecule has 0 aromatic heterocycles. The van der Waals surface area contributed by atoms with E-state index in [1.165, 1.54) is 0 Å². The van der Waals surface area contributed by atoms with E-state index < -0.39 is 0 Å². The van der Waals surface area contributed by atoms with E-state index in [2.05, 4.69) is 5.32 Å². The predicted octanol–water partition coefficient (Wildman–Crippen LogP) is 2.40. The topological polar surface area (TPSA) is 30.5 Å². The van der Waals surface area contributed by atoms with Gasteiger partial charge in [0.25, 0.3) is 0 Å². The standard InChI is InChI=1S/C13H15NO2/c1-14-9-16-13-5-3-4-10-8-11(15-2)6-7-12(10)13/h3-8,14H,9H2,1-2H3. The number of benzene rings is 2. The Hall–Kier alpha value is -1.74. The van der Waals surface area contributed by atoms with Gasteiger partial charge in [-0.2, -0.15) is 0 Å². The van der Waals surface area contributed by atoms with Gasteiger partial charge in [-0.1, -0.05) is 12.1 Å². The lowest BCUT2D eigenvalue weighted by Gasteiger charge is -2.09. The molecule has 0 bridgehead atoms. The van der Waals surface area contributed by atoms with E-state index in [0.717, 1.165) is 22.3 Å². The minimum absolute atomic E-state index is 0.505. The van der Waals surface area contributed by atoms with E-state index in [1.54, 1.807) is 7.11 Å². The Morgan fingerprint density at radius 2 is 2.06 bits per heavy atom. The minimum atomic E-state index is 0.505. The molecule has 0 spiro atoms. The van der Waals surface area contributed by atoms with Crippen LogP contribution in [-0.4, -0.2) is 20.9 Å². The minimum Gasteiger partial charge on any atom is -0.497 e. The van der Waals surface area contributed by atoms with Gasteiger partial charge < -0.3 is 9.47 Å². The largest absolute Gasteiger partial charge is 0.497 e.